The number of rotatable bonds is 2. The fourth-order valence-electron chi connectivity index (χ4n) is 1.24. The summed E-state index contributed by atoms with van der Waals surface area (Å²) in [5, 5.41) is 0. The Morgan fingerprint density at radius 2 is 2.27 bits per heavy atom. The third-order valence-electron chi connectivity index (χ3n) is 1.92. The first kappa shape index (κ1) is 8.18. The summed E-state index contributed by atoms with van der Waals surface area (Å²) >= 11 is 0. The molecule has 60 valence electrons. The van der Waals surface area contributed by atoms with Gasteiger partial charge in [0.25, 0.3) is 0 Å². The molecule has 0 aromatic rings. The number of hydrogen-bond acceptors (Lipinski definition) is 1. The van der Waals surface area contributed by atoms with Crippen LogP contribution in [0.3, 0.4) is 0 Å². The topological polar surface area (TPSA) is 17.1 Å². The number of allylic oxidation sites excluding steroid dienone is 3. The zero-order chi connectivity index (χ0) is 8.27. The van der Waals surface area contributed by atoms with Crippen molar-refractivity contribution in [3.05, 3.63) is 23.8 Å². The lowest BCUT2D eigenvalue weighted by molar-refractivity contribution is -0.124. The minimum absolute atomic E-state index is 0.0460. The molecule has 0 saturated heterocycles. The largest absolute Gasteiger partial charge is 0.331 e. The maximum Gasteiger partial charge on any atom is 0.331 e. The molecule has 0 spiro atoms. The van der Waals surface area contributed by atoms with Crippen molar-refractivity contribution in [1.29, 1.82) is 0 Å². The molecule has 0 saturated carbocycles. The summed E-state index contributed by atoms with van der Waals surface area (Å²) in [5.41, 5.74) is 0.841. The number of carbonyl (C=O) groups is 1. The van der Waals surface area contributed by atoms with Gasteiger partial charge in [-0.2, -0.15) is 4.39 Å². The van der Waals surface area contributed by atoms with Gasteiger partial charge in [-0.25, -0.2) is 0 Å². The van der Waals surface area contributed by atoms with Gasteiger partial charge in [-0.3, -0.25) is 4.79 Å². The third-order valence-corrected chi connectivity index (χ3v) is 1.92. The molecule has 0 fully saturated rings. The van der Waals surface area contributed by atoms with Crippen molar-refractivity contribution < 1.29 is 9.18 Å². The Labute approximate surface area is 65.6 Å². The molecule has 11 heavy (non-hydrogen) atoms. The highest BCUT2D eigenvalue weighted by atomic mass is 19.1. The first-order valence-corrected chi connectivity index (χ1v) is 3.80. The van der Waals surface area contributed by atoms with Crippen LogP contribution in [0.1, 0.15) is 25.7 Å². The van der Waals surface area contributed by atoms with Gasteiger partial charge in [0.15, 0.2) is 0 Å². The van der Waals surface area contributed by atoms with Gasteiger partial charge in [-0.1, -0.05) is 12.7 Å². The molecular weight excluding hydrogens is 143 g/mol. The fraction of sp³-hybridized carbons (Fsp3) is 0.444. The zero-order valence-corrected chi connectivity index (χ0v) is 6.40. The number of halogens is 1. The van der Waals surface area contributed by atoms with Gasteiger partial charge >= 0.3 is 6.04 Å². The second-order valence-electron chi connectivity index (χ2n) is 2.73. The van der Waals surface area contributed by atoms with E-state index in [1.807, 2.05) is 6.08 Å². The van der Waals surface area contributed by atoms with Crippen LogP contribution in [0.2, 0.25) is 0 Å². The molecule has 2 heteroatoms. The van der Waals surface area contributed by atoms with Crippen molar-refractivity contribution in [1.82, 2.24) is 0 Å². The van der Waals surface area contributed by atoms with Gasteiger partial charge in [-0.05, 0) is 31.3 Å². The predicted molar refractivity (Wildman–Crippen MR) is 41.8 cm³/mol. The maximum absolute atomic E-state index is 12.1. The summed E-state index contributed by atoms with van der Waals surface area (Å²) in [6, 6.07) is -1.39. The van der Waals surface area contributed by atoms with E-state index in [-0.39, 0.29) is 5.57 Å². The number of hydrogen-bond donors (Lipinski definition) is 0. The van der Waals surface area contributed by atoms with Crippen LogP contribution >= 0.6 is 0 Å². The van der Waals surface area contributed by atoms with E-state index in [0.717, 1.165) is 31.3 Å². The van der Waals surface area contributed by atoms with Gasteiger partial charge in [0, 0.05) is 5.57 Å². The van der Waals surface area contributed by atoms with E-state index in [1.54, 1.807) is 0 Å². The Morgan fingerprint density at radius 3 is 2.73 bits per heavy atom. The Hall–Kier alpha value is -0.920. The van der Waals surface area contributed by atoms with Crippen LogP contribution in [-0.2, 0) is 4.79 Å². The minimum atomic E-state index is -1.39. The molecule has 1 nitrogen and oxygen atoms in total. The molecule has 0 heterocycles. The van der Waals surface area contributed by atoms with Gasteiger partial charge in [-0.15, -0.1) is 0 Å². The van der Waals surface area contributed by atoms with Crippen molar-refractivity contribution in [3.63, 3.8) is 0 Å². The maximum atomic E-state index is 12.1. The van der Waals surface area contributed by atoms with Crippen LogP contribution in [0, 0.1) is 0 Å². The van der Waals surface area contributed by atoms with E-state index in [0.29, 0.717) is 0 Å². The van der Waals surface area contributed by atoms with Crippen molar-refractivity contribution >= 4 is 6.04 Å². The van der Waals surface area contributed by atoms with Crippen molar-refractivity contribution in [2.24, 2.45) is 0 Å². The highest BCUT2D eigenvalue weighted by Gasteiger charge is 2.12. The van der Waals surface area contributed by atoms with Gasteiger partial charge in [0.05, 0.1) is 0 Å². The Bertz CT molecular complexity index is 216. The second kappa shape index (κ2) is 3.46. The minimum Gasteiger partial charge on any atom is -0.255 e. The molecule has 0 aromatic carbocycles. The molecule has 0 bridgehead atoms. The first-order chi connectivity index (χ1) is 5.22. The summed E-state index contributed by atoms with van der Waals surface area (Å²) in [7, 11) is 0. The zero-order valence-electron chi connectivity index (χ0n) is 6.40. The van der Waals surface area contributed by atoms with Gasteiger partial charge < -0.3 is 0 Å². The smallest absolute Gasteiger partial charge is 0.255 e. The lowest BCUT2D eigenvalue weighted by Gasteiger charge is -2.11. The van der Waals surface area contributed by atoms with E-state index in [1.165, 1.54) is 0 Å². The van der Waals surface area contributed by atoms with Crippen LogP contribution in [-0.4, -0.2) is 6.04 Å². The molecule has 0 radical (unpaired) electrons. The van der Waals surface area contributed by atoms with Crippen LogP contribution < -0.4 is 0 Å². The van der Waals surface area contributed by atoms with Gasteiger partial charge in [0.2, 0.25) is 0 Å². The molecular formula is C9H11FO. The third kappa shape index (κ3) is 2.00. The first-order valence-electron chi connectivity index (χ1n) is 3.80. The summed E-state index contributed by atoms with van der Waals surface area (Å²) in [5.74, 6) is 0. The Balaban J connectivity index is 2.66. The summed E-state index contributed by atoms with van der Waals surface area (Å²) < 4.78 is 12.1. The molecule has 0 N–H and O–H groups in total. The predicted octanol–water partition coefficient (Wildman–Crippen LogP) is 2.54. The normalized spacial score (nSPS) is 17.4. The van der Waals surface area contributed by atoms with Crippen LogP contribution in [0.5, 0.6) is 0 Å². The highest BCUT2D eigenvalue weighted by Crippen LogP contribution is 2.23. The van der Waals surface area contributed by atoms with E-state index < -0.39 is 6.04 Å². The lowest BCUT2D eigenvalue weighted by Crippen LogP contribution is -2.00. The van der Waals surface area contributed by atoms with E-state index in [4.69, 9.17) is 0 Å². The Morgan fingerprint density at radius 1 is 1.55 bits per heavy atom. The molecule has 0 aromatic heterocycles. The van der Waals surface area contributed by atoms with Crippen molar-refractivity contribution in [3.8, 4) is 0 Å². The molecule has 0 amide bonds. The average molecular weight is 154 g/mol. The fourth-order valence-corrected chi connectivity index (χ4v) is 1.24. The number of carbonyl (C=O) groups excluding carboxylic acids is 1. The van der Waals surface area contributed by atoms with Gasteiger partial charge in [0.1, 0.15) is 0 Å². The molecule has 0 unspecified atom stereocenters. The van der Waals surface area contributed by atoms with Crippen LogP contribution in [0.25, 0.3) is 0 Å². The quantitative estimate of drug-likeness (QED) is 0.441. The average Bonchev–Trinajstić information content (AvgIpc) is 2.05. The van der Waals surface area contributed by atoms with E-state index in [9.17, 15) is 9.18 Å². The molecule has 1 rings (SSSR count). The Kier molecular flexibility index (Phi) is 2.58. The summed E-state index contributed by atoms with van der Waals surface area (Å²) in [6.45, 7) is 3.39. The monoisotopic (exact) mass is 154 g/mol. The molecule has 1 aliphatic carbocycles. The van der Waals surface area contributed by atoms with Crippen LogP contribution in [0.15, 0.2) is 23.8 Å². The standard InChI is InChI=1S/C9H11FO/c1-7(9(10)11)8-5-3-2-4-6-8/h5H,1-4,6H2. The van der Waals surface area contributed by atoms with E-state index >= 15 is 0 Å². The highest BCUT2D eigenvalue weighted by molar-refractivity contribution is 5.91. The second-order valence-corrected chi connectivity index (χ2v) is 2.73. The SMILES string of the molecule is C=C(C(=O)F)C1=CCCCC1. The lowest BCUT2D eigenvalue weighted by atomic mass is 9.95. The molecule has 1 aliphatic rings. The summed E-state index contributed by atoms with van der Waals surface area (Å²) in [4.78, 5) is 10.2. The molecule has 0 atom stereocenters. The van der Waals surface area contributed by atoms with Crippen LogP contribution in [0.4, 0.5) is 4.39 Å². The van der Waals surface area contributed by atoms with E-state index in [2.05, 4.69) is 6.58 Å². The summed E-state index contributed by atoms with van der Waals surface area (Å²) in [6.07, 6.45) is 5.83. The van der Waals surface area contributed by atoms with Crippen molar-refractivity contribution in [2.45, 2.75) is 25.7 Å². The van der Waals surface area contributed by atoms with Crippen molar-refractivity contribution in [2.75, 3.05) is 0 Å². The molecule has 0 aliphatic heterocycles.